The van der Waals surface area contributed by atoms with Crippen molar-refractivity contribution in [2.75, 3.05) is 6.54 Å². The Morgan fingerprint density at radius 1 is 1.29 bits per heavy atom. The molecular formula is C16H16ClN3O2S2. The second-order valence-corrected chi connectivity index (χ2v) is 8.56. The van der Waals surface area contributed by atoms with E-state index in [0.717, 1.165) is 28.6 Å². The van der Waals surface area contributed by atoms with E-state index in [1.165, 1.54) is 28.0 Å². The molecule has 0 bridgehead atoms. The zero-order chi connectivity index (χ0) is 17.1. The van der Waals surface area contributed by atoms with Crippen molar-refractivity contribution in [1.29, 1.82) is 0 Å². The average molecular weight is 382 g/mol. The van der Waals surface area contributed by atoms with Crippen LogP contribution in [0.5, 0.6) is 0 Å². The number of aromatic nitrogens is 2. The Morgan fingerprint density at radius 3 is 2.71 bits per heavy atom. The summed E-state index contributed by atoms with van der Waals surface area (Å²) < 4.78 is 0.770. The minimum atomic E-state index is -0.295. The molecule has 2 heterocycles. The van der Waals surface area contributed by atoms with Crippen LogP contribution < -0.4 is 0 Å². The summed E-state index contributed by atoms with van der Waals surface area (Å²) in [6.45, 7) is 2.33. The standard InChI is InChI=1S/C16H16ClN3O2S2/c1-10-18-19-16(23-10)24-13-4-2-3-9-20(15(13)22)14(21)11-5-7-12(17)8-6-11/h5-8,13H,2-4,9H2,1H3. The molecule has 2 aromatic rings. The van der Waals surface area contributed by atoms with Gasteiger partial charge < -0.3 is 0 Å². The van der Waals surface area contributed by atoms with Crippen LogP contribution in [0.1, 0.15) is 34.6 Å². The number of rotatable bonds is 3. The van der Waals surface area contributed by atoms with E-state index in [0.29, 0.717) is 17.1 Å². The Hall–Kier alpha value is -1.44. The van der Waals surface area contributed by atoms with Gasteiger partial charge in [0, 0.05) is 17.1 Å². The number of imide groups is 1. The van der Waals surface area contributed by atoms with Gasteiger partial charge in [-0.1, -0.05) is 41.1 Å². The summed E-state index contributed by atoms with van der Waals surface area (Å²) in [5.74, 6) is -0.414. The molecule has 24 heavy (non-hydrogen) atoms. The molecule has 126 valence electrons. The number of aryl methyl sites for hydroxylation is 1. The van der Waals surface area contributed by atoms with Crippen LogP contribution in [0.15, 0.2) is 28.6 Å². The van der Waals surface area contributed by atoms with Gasteiger partial charge in [0.2, 0.25) is 5.91 Å². The van der Waals surface area contributed by atoms with Crippen molar-refractivity contribution in [2.45, 2.75) is 35.8 Å². The van der Waals surface area contributed by atoms with E-state index in [1.807, 2.05) is 6.92 Å². The number of benzene rings is 1. The summed E-state index contributed by atoms with van der Waals surface area (Å²) in [4.78, 5) is 26.9. The number of hydrogen-bond donors (Lipinski definition) is 0. The van der Waals surface area contributed by atoms with Crippen LogP contribution in [0.2, 0.25) is 5.02 Å². The van der Waals surface area contributed by atoms with Crippen molar-refractivity contribution in [3.8, 4) is 0 Å². The molecule has 5 nitrogen and oxygen atoms in total. The topological polar surface area (TPSA) is 63.2 Å². The molecule has 0 radical (unpaired) electrons. The van der Waals surface area contributed by atoms with Gasteiger partial charge in [-0.2, -0.15) is 0 Å². The second kappa shape index (κ2) is 7.63. The fourth-order valence-electron chi connectivity index (χ4n) is 2.51. The summed E-state index contributed by atoms with van der Waals surface area (Å²) in [5.41, 5.74) is 0.477. The zero-order valence-electron chi connectivity index (χ0n) is 13.1. The number of carbonyl (C=O) groups is 2. The Kier molecular flexibility index (Phi) is 5.53. The van der Waals surface area contributed by atoms with E-state index in [2.05, 4.69) is 10.2 Å². The summed E-state index contributed by atoms with van der Waals surface area (Å²) >= 11 is 8.74. The Labute approximate surface area is 153 Å². The van der Waals surface area contributed by atoms with E-state index in [9.17, 15) is 9.59 Å². The van der Waals surface area contributed by atoms with Crippen molar-refractivity contribution < 1.29 is 9.59 Å². The highest BCUT2D eigenvalue weighted by Gasteiger charge is 2.32. The van der Waals surface area contributed by atoms with Crippen molar-refractivity contribution in [1.82, 2.24) is 15.1 Å². The first-order chi connectivity index (χ1) is 11.5. The molecule has 1 aliphatic rings. The first kappa shape index (κ1) is 17.4. The Balaban J connectivity index is 1.78. The molecule has 1 aromatic heterocycles. The molecule has 8 heteroatoms. The first-order valence-corrected chi connectivity index (χ1v) is 9.70. The third kappa shape index (κ3) is 3.96. The van der Waals surface area contributed by atoms with E-state index in [4.69, 9.17) is 11.6 Å². The molecule has 0 aliphatic carbocycles. The molecule has 0 saturated carbocycles. The molecular weight excluding hydrogens is 366 g/mol. The summed E-state index contributed by atoms with van der Waals surface area (Å²) in [7, 11) is 0. The van der Waals surface area contributed by atoms with Crippen molar-refractivity contribution in [2.24, 2.45) is 0 Å². The lowest BCUT2D eigenvalue weighted by Crippen LogP contribution is -2.41. The lowest BCUT2D eigenvalue weighted by molar-refractivity contribution is -0.127. The van der Waals surface area contributed by atoms with Gasteiger partial charge in [-0.25, -0.2) is 0 Å². The SMILES string of the molecule is Cc1nnc(SC2CCCCN(C(=O)c3ccc(Cl)cc3)C2=O)s1. The van der Waals surface area contributed by atoms with E-state index in [1.54, 1.807) is 24.3 Å². The third-order valence-electron chi connectivity index (χ3n) is 3.73. The molecule has 2 amide bonds. The molecule has 3 rings (SSSR count). The van der Waals surface area contributed by atoms with Crippen molar-refractivity contribution in [3.63, 3.8) is 0 Å². The highest BCUT2D eigenvalue weighted by atomic mass is 35.5. The van der Waals surface area contributed by atoms with Crippen LogP contribution in [0.25, 0.3) is 0 Å². The van der Waals surface area contributed by atoms with Crippen LogP contribution in [0.4, 0.5) is 0 Å². The smallest absolute Gasteiger partial charge is 0.260 e. The van der Waals surface area contributed by atoms with Crippen LogP contribution >= 0.6 is 34.7 Å². The van der Waals surface area contributed by atoms with Gasteiger partial charge in [-0.05, 0) is 44.0 Å². The summed E-state index contributed by atoms with van der Waals surface area (Å²) in [5, 5.41) is 9.19. The second-order valence-electron chi connectivity index (χ2n) is 5.49. The molecule has 1 saturated heterocycles. The molecule has 1 unspecified atom stereocenters. The van der Waals surface area contributed by atoms with Crippen LogP contribution in [0.3, 0.4) is 0 Å². The number of hydrogen-bond acceptors (Lipinski definition) is 6. The average Bonchev–Trinajstić information content (AvgIpc) is 2.89. The molecule has 0 N–H and O–H groups in total. The van der Waals surface area contributed by atoms with Gasteiger partial charge in [-0.15, -0.1) is 10.2 Å². The molecule has 1 aromatic carbocycles. The lowest BCUT2D eigenvalue weighted by atomic mass is 10.2. The Bertz CT molecular complexity index is 748. The van der Waals surface area contributed by atoms with Gasteiger partial charge in [0.05, 0.1) is 5.25 Å². The fraction of sp³-hybridized carbons (Fsp3) is 0.375. The normalized spacial score (nSPS) is 18.5. The number of thioether (sulfide) groups is 1. The molecule has 1 atom stereocenters. The van der Waals surface area contributed by atoms with E-state index < -0.39 is 0 Å². The van der Waals surface area contributed by atoms with Gasteiger partial charge in [0.1, 0.15) is 5.01 Å². The van der Waals surface area contributed by atoms with Gasteiger partial charge >= 0.3 is 0 Å². The van der Waals surface area contributed by atoms with Crippen LogP contribution in [-0.2, 0) is 4.79 Å². The fourth-order valence-corrected chi connectivity index (χ4v) is 4.80. The predicted octanol–water partition coefficient (Wildman–Crippen LogP) is 3.81. The third-order valence-corrected chi connectivity index (χ3v) is 6.16. The lowest BCUT2D eigenvalue weighted by Gasteiger charge is -2.22. The number of amides is 2. The maximum absolute atomic E-state index is 12.9. The highest BCUT2D eigenvalue weighted by Crippen LogP contribution is 2.32. The quantitative estimate of drug-likeness (QED) is 0.756. The van der Waals surface area contributed by atoms with Gasteiger partial charge in [0.25, 0.3) is 5.91 Å². The van der Waals surface area contributed by atoms with Crippen molar-refractivity contribution in [3.05, 3.63) is 39.9 Å². The minimum absolute atomic E-state index is 0.148. The number of halogens is 1. The monoisotopic (exact) mass is 381 g/mol. The van der Waals surface area contributed by atoms with Crippen molar-refractivity contribution >= 4 is 46.5 Å². The molecule has 1 fully saturated rings. The molecule has 1 aliphatic heterocycles. The predicted molar refractivity (Wildman–Crippen MR) is 95.6 cm³/mol. The van der Waals surface area contributed by atoms with E-state index >= 15 is 0 Å². The van der Waals surface area contributed by atoms with Gasteiger partial charge in [0.15, 0.2) is 4.34 Å². The zero-order valence-corrected chi connectivity index (χ0v) is 15.5. The largest absolute Gasteiger partial charge is 0.278 e. The van der Waals surface area contributed by atoms with Gasteiger partial charge in [-0.3, -0.25) is 14.5 Å². The summed E-state index contributed by atoms with van der Waals surface area (Å²) in [6.07, 6.45) is 2.47. The van der Waals surface area contributed by atoms with Crippen LogP contribution in [-0.4, -0.2) is 38.7 Å². The first-order valence-electron chi connectivity index (χ1n) is 7.62. The maximum atomic E-state index is 12.9. The molecule has 0 spiro atoms. The Morgan fingerprint density at radius 2 is 2.04 bits per heavy atom. The maximum Gasteiger partial charge on any atom is 0.260 e. The van der Waals surface area contributed by atoms with E-state index in [-0.39, 0.29) is 17.1 Å². The number of nitrogens with zero attached hydrogens (tertiary/aromatic N) is 3. The number of carbonyl (C=O) groups excluding carboxylic acids is 2. The highest BCUT2D eigenvalue weighted by molar-refractivity contribution is 8.02. The minimum Gasteiger partial charge on any atom is -0.278 e. The summed E-state index contributed by atoms with van der Waals surface area (Å²) in [6, 6.07) is 6.62. The number of likely N-dealkylation sites (tertiary alicyclic amines) is 1. The van der Waals surface area contributed by atoms with Crippen LogP contribution in [0, 0.1) is 6.92 Å².